The molecule has 6 nitrogen and oxygen atoms in total. The Kier molecular flexibility index (Phi) is 5.13. The molecule has 0 atom stereocenters. The highest BCUT2D eigenvalue weighted by Gasteiger charge is 2.26. The van der Waals surface area contributed by atoms with E-state index in [-0.39, 0.29) is 22.1 Å². The molecule has 0 amide bonds. The van der Waals surface area contributed by atoms with Gasteiger partial charge >= 0.3 is 5.97 Å². The monoisotopic (exact) mass is 301 g/mol. The van der Waals surface area contributed by atoms with E-state index in [9.17, 15) is 13.2 Å². The lowest BCUT2D eigenvalue weighted by Gasteiger charge is -2.20. The van der Waals surface area contributed by atoms with Crippen molar-refractivity contribution in [3.05, 3.63) is 23.8 Å². The highest BCUT2D eigenvalue weighted by molar-refractivity contribution is 7.89. The molecule has 112 valence electrons. The Hall–Kier alpha value is -1.60. The molecule has 0 bridgehead atoms. The van der Waals surface area contributed by atoms with Crippen LogP contribution in [0.25, 0.3) is 0 Å². The van der Waals surface area contributed by atoms with E-state index in [0.29, 0.717) is 6.54 Å². The smallest absolute Gasteiger partial charge is 0.335 e. The van der Waals surface area contributed by atoms with Crippen LogP contribution in [0.4, 0.5) is 0 Å². The summed E-state index contributed by atoms with van der Waals surface area (Å²) < 4.78 is 31.1. The van der Waals surface area contributed by atoms with E-state index in [4.69, 9.17) is 9.84 Å². The second-order valence-corrected chi connectivity index (χ2v) is 6.86. The first-order chi connectivity index (χ1) is 9.20. The molecule has 1 aromatic carbocycles. The van der Waals surface area contributed by atoms with Crippen molar-refractivity contribution in [2.75, 3.05) is 20.7 Å². The Morgan fingerprint density at radius 3 is 2.45 bits per heavy atom. The number of benzene rings is 1. The first kappa shape index (κ1) is 16.5. The number of carbonyl (C=O) groups is 1. The molecule has 7 heteroatoms. The molecular weight excluding hydrogens is 282 g/mol. The fourth-order valence-electron chi connectivity index (χ4n) is 1.79. The zero-order chi connectivity index (χ0) is 15.5. The van der Waals surface area contributed by atoms with E-state index in [1.165, 1.54) is 36.7 Å². The number of carboxylic acids is 1. The van der Waals surface area contributed by atoms with Crippen molar-refractivity contribution in [1.29, 1.82) is 0 Å². The normalized spacial score (nSPS) is 11.9. The van der Waals surface area contributed by atoms with Crippen LogP contribution in [0.2, 0.25) is 0 Å². The van der Waals surface area contributed by atoms with Crippen LogP contribution < -0.4 is 4.74 Å². The predicted octanol–water partition coefficient (Wildman–Crippen LogP) is 1.67. The van der Waals surface area contributed by atoms with Crippen LogP contribution >= 0.6 is 0 Å². The number of rotatable bonds is 6. The van der Waals surface area contributed by atoms with Crippen molar-refractivity contribution in [3.8, 4) is 5.75 Å². The SMILES string of the molecule is COc1cc(C(=O)O)ccc1S(=O)(=O)N(C)CC(C)C. The zero-order valence-corrected chi connectivity index (χ0v) is 12.8. The third-order valence-corrected chi connectivity index (χ3v) is 4.58. The highest BCUT2D eigenvalue weighted by Crippen LogP contribution is 2.27. The van der Waals surface area contributed by atoms with Gasteiger partial charge in [-0.1, -0.05) is 13.8 Å². The lowest BCUT2D eigenvalue weighted by molar-refractivity contribution is 0.0696. The van der Waals surface area contributed by atoms with Gasteiger partial charge in [0.05, 0.1) is 12.7 Å². The van der Waals surface area contributed by atoms with Gasteiger partial charge in [-0.15, -0.1) is 0 Å². The van der Waals surface area contributed by atoms with E-state index in [2.05, 4.69) is 0 Å². The summed E-state index contributed by atoms with van der Waals surface area (Å²) in [6, 6.07) is 3.72. The summed E-state index contributed by atoms with van der Waals surface area (Å²) in [6.07, 6.45) is 0. The first-order valence-electron chi connectivity index (χ1n) is 6.07. The van der Waals surface area contributed by atoms with Crippen molar-refractivity contribution in [1.82, 2.24) is 4.31 Å². The summed E-state index contributed by atoms with van der Waals surface area (Å²) >= 11 is 0. The van der Waals surface area contributed by atoms with E-state index in [1.807, 2.05) is 13.8 Å². The van der Waals surface area contributed by atoms with Gasteiger partial charge < -0.3 is 9.84 Å². The maximum Gasteiger partial charge on any atom is 0.335 e. The number of aromatic carboxylic acids is 1. The van der Waals surface area contributed by atoms with Crippen LogP contribution in [0.5, 0.6) is 5.75 Å². The number of nitrogens with zero attached hydrogens (tertiary/aromatic N) is 1. The minimum Gasteiger partial charge on any atom is -0.495 e. The van der Waals surface area contributed by atoms with Crippen LogP contribution in [0.15, 0.2) is 23.1 Å². The number of hydrogen-bond acceptors (Lipinski definition) is 4. The van der Waals surface area contributed by atoms with Gasteiger partial charge in [0.25, 0.3) is 0 Å². The summed E-state index contributed by atoms with van der Waals surface area (Å²) in [5.74, 6) is -0.928. The van der Waals surface area contributed by atoms with Gasteiger partial charge in [0.2, 0.25) is 10.0 Å². The minimum atomic E-state index is -3.70. The molecule has 0 aliphatic heterocycles. The maximum atomic E-state index is 12.4. The molecule has 0 saturated carbocycles. The highest BCUT2D eigenvalue weighted by atomic mass is 32.2. The molecule has 0 aliphatic carbocycles. The van der Waals surface area contributed by atoms with Crippen LogP contribution in [-0.2, 0) is 10.0 Å². The lowest BCUT2D eigenvalue weighted by atomic mass is 10.2. The molecule has 1 aromatic rings. The maximum absolute atomic E-state index is 12.4. The number of sulfonamides is 1. The molecule has 0 fully saturated rings. The zero-order valence-electron chi connectivity index (χ0n) is 12.0. The van der Waals surface area contributed by atoms with Gasteiger partial charge in [-0.3, -0.25) is 0 Å². The van der Waals surface area contributed by atoms with Crippen LogP contribution in [0.1, 0.15) is 24.2 Å². The molecule has 1 rings (SSSR count). The molecule has 0 radical (unpaired) electrons. The van der Waals surface area contributed by atoms with Gasteiger partial charge in [-0.2, -0.15) is 0 Å². The Morgan fingerprint density at radius 1 is 1.40 bits per heavy atom. The molecule has 0 spiro atoms. The number of ether oxygens (including phenoxy) is 1. The van der Waals surface area contributed by atoms with Crippen LogP contribution in [0, 0.1) is 5.92 Å². The second-order valence-electron chi connectivity index (χ2n) is 4.85. The van der Waals surface area contributed by atoms with Crippen molar-refractivity contribution in [2.45, 2.75) is 18.7 Å². The summed E-state index contributed by atoms with van der Waals surface area (Å²) in [7, 11) is -0.910. The van der Waals surface area contributed by atoms with E-state index < -0.39 is 16.0 Å². The van der Waals surface area contributed by atoms with Gasteiger partial charge in [0.1, 0.15) is 10.6 Å². The third kappa shape index (κ3) is 3.49. The number of methoxy groups -OCH3 is 1. The van der Waals surface area contributed by atoms with Gasteiger partial charge in [-0.05, 0) is 24.1 Å². The predicted molar refractivity (Wildman–Crippen MR) is 74.6 cm³/mol. The summed E-state index contributed by atoms with van der Waals surface area (Å²) in [5.41, 5.74) is -0.0210. The Morgan fingerprint density at radius 2 is 2.00 bits per heavy atom. The van der Waals surface area contributed by atoms with E-state index >= 15 is 0 Å². The molecule has 20 heavy (non-hydrogen) atoms. The van der Waals surface area contributed by atoms with E-state index in [0.717, 1.165) is 0 Å². The molecule has 0 aromatic heterocycles. The standard InChI is InChI=1S/C13H19NO5S/c1-9(2)8-14(3)20(17,18)12-6-5-10(13(15)16)7-11(12)19-4/h5-7,9H,8H2,1-4H3,(H,15,16). The average Bonchev–Trinajstić information content (AvgIpc) is 2.36. The third-order valence-electron chi connectivity index (χ3n) is 2.72. The minimum absolute atomic E-state index is 0.0210. The lowest BCUT2D eigenvalue weighted by Crippen LogP contribution is -2.30. The summed E-state index contributed by atoms with van der Waals surface area (Å²) in [5, 5.41) is 8.91. The summed E-state index contributed by atoms with van der Waals surface area (Å²) in [6.45, 7) is 4.19. The van der Waals surface area contributed by atoms with Crippen LogP contribution in [-0.4, -0.2) is 44.5 Å². The average molecular weight is 301 g/mol. The Balaban J connectivity index is 3.28. The van der Waals surface area contributed by atoms with Crippen LogP contribution in [0.3, 0.4) is 0 Å². The second kappa shape index (κ2) is 6.23. The number of hydrogen-bond donors (Lipinski definition) is 1. The fraction of sp³-hybridized carbons (Fsp3) is 0.462. The van der Waals surface area contributed by atoms with Gasteiger partial charge in [0.15, 0.2) is 0 Å². The largest absolute Gasteiger partial charge is 0.495 e. The Labute approximate surface area is 119 Å². The molecule has 0 aliphatic rings. The Bertz CT molecular complexity index is 595. The molecule has 1 N–H and O–H groups in total. The molecule has 0 unspecified atom stereocenters. The molecule has 0 heterocycles. The molecule has 0 saturated heterocycles. The van der Waals surface area contributed by atoms with Crippen molar-refractivity contribution in [2.24, 2.45) is 5.92 Å². The summed E-state index contributed by atoms with van der Waals surface area (Å²) in [4.78, 5) is 10.9. The topological polar surface area (TPSA) is 83.9 Å². The van der Waals surface area contributed by atoms with Gasteiger partial charge in [-0.25, -0.2) is 17.5 Å². The quantitative estimate of drug-likeness (QED) is 0.864. The number of carboxylic acid groups (broad SMARTS) is 1. The first-order valence-corrected chi connectivity index (χ1v) is 7.51. The van der Waals surface area contributed by atoms with E-state index in [1.54, 1.807) is 0 Å². The van der Waals surface area contributed by atoms with Crippen molar-refractivity contribution in [3.63, 3.8) is 0 Å². The fourth-order valence-corrected chi connectivity index (χ4v) is 3.26. The molecular formula is C13H19NO5S. The van der Waals surface area contributed by atoms with Crippen molar-refractivity contribution >= 4 is 16.0 Å². The van der Waals surface area contributed by atoms with Gasteiger partial charge in [0, 0.05) is 13.6 Å². The van der Waals surface area contributed by atoms with Crippen molar-refractivity contribution < 1.29 is 23.1 Å².